The Labute approximate surface area is 146 Å². The molecule has 24 heavy (non-hydrogen) atoms. The second-order valence-electron chi connectivity index (χ2n) is 6.54. The summed E-state index contributed by atoms with van der Waals surface area (Å²) in [5, 5.41) is 3.14. The minimum Gasteiger partial charge on any atom is -0.263 e. The Hall–Kier alpha value is -1.31. The molecule has 0 N–H and O–H groups in total. The van der Waals surface area contributed by atoms with Crippen molar-refractivity contribution in [3.63, 3.8) is 0 Å². The second-order valence-corrected chi connectivity index (χ2v) is 9.33. The molecular formula is C17H21N3O2S2. The zero-order chi connectivity index (χ0) is 16.6. The molecule has 2 aliphatic rings. The Balaban J connectivity index is 1.69. The first-order valence-corrected chi connectivity index (χ1v) is 10.9. The number of pyridine rings is 1. The highest BCUT2D eigenvalue weighted by Crippen LogP contribution is 2.37. The van der Waals surface area contributed by atoms with Gasteiger partial charge in [-0.25, -0.2) is 13.4 Å². The highest BCUT2D eigenvalue weighted by Gasteiger charge is 2.32. The lowest BCUT2D eigenvalue weighted by atomic mass is 9.90. The van der Waals surface area contributed by atoms with Crippen LogP contribution in [0.2, 0.25) is 0 Å². The SMILES string of the molecule is O=S(=O)(c1cnccc1-c1csc(C2CCCCC2)n1)N1CCC1. The first-order valence-electron chi connectivity index (χ1n) is 8.56. The molecule has 2 aromatic rings. The molecule has 0 atom stereocenters. The van der Waals surface area contributed by atoms with Gasteiger partial charge in [0.25, 0.3) is 0 Å². The van der Waals surface area contributed by atoms with Crippen molar-refractivity contribution >= 4 is 21.4 Å². The van der Waals surface area contributed by atoms with Crippen LogP contribution >= 0.6 is 11.3 Å². The number of hydrogen-bond acceptors (Lipinski definition) is 5. The van der Waals surface area contributed by atoms with E-state index in [1.54, 1.807) is 23.6 Å². The number of thiazole rings is 1. The van der Waals surface area contributed by atoms with E-state index in [-0.39, 0.29) is 4.90 Å². The summed E-state index contributed by atoms with van der Waals surface area (Å²) in [5.74, 6) is 0.537. The Kier molecular flexibility index (Phi) is 4.40. The van der Waals surface area contributed by atoms with Gasteiger partial charge in [-0.3, -0.25) is 4.98 Å². The molecule has 0 radical (unpaired) electrons. The third-order valence-corrected chi connectivity index (χ3v) is 7.90. The van der Waals surface area contributed by atoms with Crippen LogP contribution in [-0.2, 0) is 10.0 Å². The van der Waals surface area contributed by atoms with Gasteiger partial charge in [-0.15, -0.1) is 11.3 Å². The Bertz CT molecular complexity index is 822. The van der Waals surface area contributed by atoms with Crippen molar-refractivity contribution in [2.45, 2.75) is 49.3 Å². The average molecular weight is 364 g/mol. The van der Waals surface area contributed by atoms with E-state index in [4.69, 9.17) is 4.98 Å². The second kappa shape index (κ2) is 6.54. The summed E-state index contributed by atoms with van der Waals surface area (Å²) >= 11 is 1.66. The van der Waals surface area contributed by atoms with E-state index in [0.717, 1.165) is 17.1 Å². The van der Waals surface area contributed by atoms with Gasteiger partial charge in [-0.05, 0) is 25.3 Å². The van der Waals surface area contributed by atoms with E-state index in [1.807, 2.05) is 5.38 Å². The Morgan fingerprint density at radius 3 is 2.62 bits per heavy atom. The molecule has 0 amide bonds. The average Bonchev–Trinajstić information content (AvgIpc) is 3.03. The van der Waals surface area contributed by atoms with Gasteiger partial charge >= 0.3 is 0 Å². The van der Waals surface area contributed by atoms with E-state index in [9.17, 15) is 8.42 Å². The number of rotatable bonds is 4. The van der Waals surface area contributed by atoms with Gasteiger partial charge in [-0.1, -0.05) is 19.3 Å². The molecule has 0 aromatic carbocycles. The molecule has 0 bridgehead atoms. The van der Waals surface area contributed by atoms with Crippen molar-refractivity contribution in [3.05, 3.63) is 28.8 Å². The molecule has 2 aromatic heterocycles. The van der Waals surface area contributed by atoms with Crippen molar-refractivity contribution in [2.24, 2.45) is 0 Å². The summed E-state index contributed by atoms with van der Waals surface area (Å²) in [5.41, 5.74) is 1.44. The fraction of sp³-hybridized carbons (Fsp3) is 0.529. The lowest BCUT2D eigenvalue weighted by Crippen LogP contribution is -2.42. The standard InChI is InChI=1S/C17H21N3O2S2/c21-24(22,20-9-4-10-20)16-11-18-8-7-14(16)15-12-23-17(19-15)13-5-2-1-3-6-13/h7-8,11-13H,1-6,9-10H2. The van der Waals surface area contributed by atoms with Gasteiger partial charge in [0, 0.05) is 42.3 Å². The molecule has 2 fully saturated rings. The summed E-state index contributed by atoms with van der Waals surface area (Å²) in [4.78, 5) is 9.12. The van der Waals surface area contributed by atoms with E-state index >= 15 is 0 Å². The first-order chi connectivity index (χ1) is 11.7. The quantitative estimate of drug-likeness (QED) is 0.832. The van der Waals surface area contributed by atoms with E-state index in [0.29, 0.717) is 24.6 Å². The van der Waals surface area contributed by atoms with Gasteiger partial charge in [0.05, 0.1) is 10.7 Å². The molecule has 1 saturated heterocycles. The first kappa shape index (κ1) is 16.2. The zero-order valence-electron chi connectivity index (χ0n) is 13.5. The lowest BCUT2D eigenvalue weighted by molar-refractivity contribution is 0.309. The van der Waals surface area contributed by atoms with Gasteiger partial charge < -0.3 is 0 Å². The van der Waals surface area contributed by atoms with Gasteiger partial charge in [-0.2, -0.15) is 4.31 Å². The third-order valence-electron chi connectivity index (χ3n) is 4.97. The third kappa shape index (κ3) is 2.89. The molecule has 4 rings (SSSR count). The molecule has 1 saturated carbocycles. The predicted octanol–water partition coefficient (Wildman–Crippen LogP) is 3.65. The molecule has 5 nitrogen and oxygen atoms in total. The van der Waals surface area contributed by atoms with Crippen LogP contribution in [0.1, 0.15) is 49.5 Å². The molecule has 1 aliphatic carbocycles. The van der Waals surface area contributed by atoms with Crippen molar-refractivity contribution in [2.75, 3.05) is 13.1 Å². The van der Waals surface area contributed by atoms with Crippen LogP contribution < -0.4 is 0 Å². The van der Waals surface area contributed by atoms with Crippen molar-refractivity contribution in [3.8, 4) is 11.3 Å². The summed E-state index contributed by atoms with van der Waals surface area (Å²) in [6.45, 7) is 1.20. The maximum Gasteiger partial charge on any atom is 0.245 e. The molecule has 1 aliphatic heterocycles. The maximum atomic E-state index is 12.8. The van der Waals surface area contributed by atoms with Crippen LogP contribution in [0, 0.1) is 0 Å². The Morgan fingerprint density at radius 1 is 1.12 bits per heavy atom. The molecular weight excluding hydrogens is 342 g/mol. The summed E-state index contributed by atoms with van der Waals surface area (Å²) in [6.07, 6.45) is 10.3. The van der Waals surface area contributed by atoms with Crippen LogP contribution in [0.3, 0.4) is 0 Å². The van der Waals surface area contributed by atoms with Crippen LogP contribution in [-0.4, -0.2) is 35.8 Å². The van der Waals surface area contributed by atoms with E-state index in [1.165, 1.54) is 42.6 Å². The van der Waals surface area contributed by atoms with Crippen LogP contribution in [0.15, 0.2) is 28.7 Å². The highest BCUT2D eigenvalue weighted by atomic mass is 32.2. The molecule has 0 spiro atoms. The van der Waals surface area contributed by atoms with Crippen LogP contribution in [0.5, 0.6) is 0 Å². The summed E-state index contributed by atoms with van der Waals surface area (Å²) in [7, 11) is -3.46. The number of sulfonamides is 1. The summed E-state index contributed by atoms with van der Waals surface area (Å²) < 4.78 is 27.1. The smallest absolute Gasteiger partial charge is 0.245 e. The van der Waals surface area contributed by atoms with E-state index < -0.39 is 10.0 Å². The monoisotopic (exact) mass is 363 g/mol. The normalized spacial score (nSPS) is 20.0. The van der Waals surface area contributed by atoms with E-state index in [2.05, 4.69) is 4.98 Å². The predicted molar refractivity (Wildman–Crippen MR) is 94.5 cm³/mol. The minimum atomic E-state index is -3.46. The van der Waals surface area contributed by atoms with Gasteiger partial charge in [0.2, 0.25) is 10.0 Å². The minimum absolute atomic E-state index is 0.283. The molecule has 3 heterocycles. The van der Waals surface area contributed by atoms with Gasteiger partial charge in [0.1, 0.15) is 4.90 Å². The fourth-order valence-corrected chi connectivity index (χ4v) is 6.07. The molecule has 0 unspecified atom stereocenters. The summed E-state index contributed by atoms with van der Waals surface area (Å²) in [6, 6.07) is 1.77. The van der Waals surface area contributed by atoms with Crippen LogP contribution in [0.25, 0.3) is 11.3 Å². The van der Waals surface area contributed by atoms with Gasteiger partial charge in [0.15, 0.2) is 0 Å². The Morgan fingerprint density at radius 2 is 1.92 bits per heavy atom. The highest BCUT2D eigenvalue weighted by molar-refractivity contribution is 7.89. The fourth-order valence-electron chi connectivity index (χ4n) is 3.41. The number of hydrogen-bond donors (Lipinski definition) is 0. The maximum absolute atomic E-state index is 12.8. The van der Waals surface area contributed by atoms with Crippen LogP contribution in [0.4, 0.5) is 0 Å². The zero-order valence-corrected chi connectivity index (χ0v) is 15.2. The topological polar surface area (TPSA) is 63.2 Å². The number of nitrogens with zero attached hydrogens (tertiary/aromatic N) is 3. The van der Waals surface area contributed by atoms with Crippen molar-refractivity contribution < 1.29 is 8.42 Å². The van der Waals surface area contributed by atoms with Crippen molar-refractivity contribution in [1.82, 2.24) is 14.3 Å². The number of aromatic nitrogens is 2. The molecule has 7 heteroatoms. The van der Waals surface area contributed by atoms with Crippen molar-refractivity contribution in [1.29, 1.82) is 0 Å². The largest absolute Gasteiger partial charge is 0.263 e. The lowest BCUT2D eigenvalue weighted by Gasteiger charge is -2.30. The molecule has 128 valence electrons.